The van der Waals surface area contributed by atoms with Crippen molar-refractivity contribution >= 4 is 40.6 Å². The second-order valence-electron chi connectivity index (χ2n) is 16.0. The average Bonchev–Trinajstić information content (AvgIpc) is 3.99. The summed E-state index contributed by atoms with van der Waals surface area (Å²) in [4.78, 5) is 63.9. The van der Waals surface area contributed by atoms with Gasteiger partial charge in [-0.25, -0.2) is 14.4 Å². The number of aromatic nitrogens is 3. The van der Waals surface area contributed by atoms with E-state index in [2.05, 4.69) is 34.0 Å². The molecule has 3 aliphatic heterocycles. The number of rotatable bonds is 13. The summed E-state index contributed by atoms with van der Waals surface area (Å²) in [7, 11) is 1.46. The lowest BCUT2D eigenvalue weighted by Gasteiger charge is -2.46. The fourth-order valence-electron chi connectivity index (χ4n) is 9.69. The molecule has 0 saturated carbocycles. The van der Waals surface area contributed by atoms with Gasteiger partial charge >= 0.3 is 12.1 Å². The van der Waals surface area contributed by atoms with E-state index in [-0.39, 0.29) is 50.8 Å². The van der Waals surface area contributed by atoms with Gasteiger partial charge in [-0.1, -0.05) is 108 Å². The maximum absolute atomic E-state index is 16.2. The number of aliphatic hydroxyl groups excluding tert-OH is 1. The topological polar surface area (TPSA) is 175 Å². The highest BCUT2D eigenvalue weighted by Gasteiger charge is 2.75. The molecule has 6 atom stereocenters. The number of esters is 1. The summed E-state index contributed by atoms with van der Waals surface area (Å²) in [5.74, 6) is 3.19. The molecule has 15 nitrogen and oxygen atoms in total. The largest absolute Gasteiger partial charge is 0.491 e. The average molecular weight is 887 g/mol. The van der Waals surface area contributed by atoms with Crippen LogP contribution in [0.2, 0.25) is 0 Å². The molecule has 0 bridgehead atoms. The van der Waals surface area contributed by atoms with E-state index in [4.69, 9.17) is 18.9 Å². The third-order valence-corrected chi connectivity index (χ3v) is 12.3. The van der Waals surface area contributed by atoms with Crippen LogP contribution in [0.25, 0.3) is 11.0 Å². The lowest BCUT2D eigenvalue weighted by atomic mass is 9.65. The fraction of sp³-hybridized carbons (Fsp3) is 0.255. The van der Waals surface area contributed by atoms with Gasteiger partial charge in [0.1, 0.15) is 48.6 Å². The van der Waals surface area contributed by atoms with Crippen molar-refractivity contribution in [3.05, 3.63) is 168 Å². The summed E-state index contributed by atoms with van der Waals surface area (Å²) in [6.07, 6.45) is -0.388. The number of aliphatic hydroxyl groups is 1. The molecule has 0 radical (unpaired) electrons. The number of anilines is 1. The molecule has 1 aromatic heterocycles. The molecule has 2 N–H and O–H groups in total. The van der Waals surface area contributed by atoms with Crippen LogP contribution in [0.3, 0.4) is 0 Å². The van der Waals surface area contributed by atoms with Crippen LogP contribution in [0.5, 0.6) is 5.75 Å². The van der Waals surface area contributed by atoms with E-state index in [0.717, 1.165) is 16.0 Å². The van der Waals surface area contributed by atoms with Gasteiger partial charge in [0, 0.05) is 19.2 Å². The number of hydrogen-bond acceptors (Lipinski definition) is 12. The number of morpholine rings is 1. The first kappa shape index (κ1) is 43.6. The summed E-state index contributed by atoms with van der Waals surface area (Å²) in [6, 6.07) is 35.0. The molecule has 3 amide bonds. The molecule has 9 rings (SSSR count). The number of methoxy groups -OCH3 is 1. The minimum absolute atomic E-state index is 0.00972. The van der Waals surface area contributed by atoms with Crippen LogP contribution >= 0.6 is 0 Å². The first-order chi connectivity index (χ1) is 32.3. The number of ether oxygens (including phenoxy) is 4. The van der Waals surface area contributed by atoms with E-state index in [1.165, 1.54) is 13.2 Å². The van der Waals surface area contributed by atoms with Crippen molar-refractivity contribution in [1.29, 1.82) is 0 Å². The zero-order valence-electron chi connectivity index (χ0n) is 36.0. The monoisotopic (exact) mass is 886 g/mol. The van der Waals surface area contributed by atoms with Gasteiger partial charge in [0.25, 0.3) is 0 Å². The molecule has 0 aliphatic carbocycles. The van der Waals surface area contributed by atoms with Crippen molar-refractivity contribution in [3.8, 4) is 17.6 Å². The molecule has 5 aromatic carbocycles. The first-order valence-electron chi connectivity index (χ1n) is 21.5. The summed E-state index contributed by atoms with van der Waals surface area (Å²) in [5, 5.41) is 21.0. The van der Waals surface area contributed by atoms with Crippen LogP contribution < -0.4 is 15.0 Å². The molecular weight excluding hydrogens is 841 g/mol. The molecule has 66 heavy (non-hydrogen) atoms. The standard InChI is InChI=1S/C51H46N6O9/c1-3-26-52-47(59)42-44-48(60)66-45(35-16-8-5-9-17-35)43(34-14-6-4-7-15-34)57(44)46(36-21-23-37(24-22-36)64-29-28-58)51(42)38-32-33(13-12-27-55-41-19-11-10-18-39(41)53-54-55)20-25-40(38)56(49(51)61)50(62)65-31-30-63-2/h3-11,14-25,32,42-46,58H,1,26-31H2,2H3,(H,52,59)/t42-,43-,44-,45+,46+,51-/m0/s1. The predicted octanol–water partition coefficient (Wildman–Crippen LogP) is 5.60. The second kappa shape index (κ2) is 18.8. The second-order valence-corrected chi connectivity index (χ2v) is 16.0. The highest BCUT2D eigenvalue weighted by atomic mass is 16.6. The normalized spacial score (nSPS) is 22.0. The quantitative estimate of drug-likeness (QED) is 0.0637. The number of amides is 3. The van der Waals surface area contributed by atoms with Crippen molar-refractivity contribution < 1.29 is 43.2 Å². The Morgan fingerprint density at radius 1 is 0.879 bits per heavy atom. The Labute approximate surface area is 380 Å². The predicted molar refractivity (Wildman–Crippen MR) is 242 cm³/mol. The SMILES string of the molecule is C=CCNC(=O)[C@@H]1[C@H]2C(=O)O[C@H](c3ccccc3)[C@H](c3ccccc3)N2[C@H](c2ccc(OCCO)cc2)[C@@]12C(=O)N(C(=O)OCCOC)c1ccc(C#CCn3nnc4ccccc43)cc12. The molecule has 3 aliphatic rings. The third kappa shape index (κ3) is 7.64. The van der Waals surface area contributed by atoms with Crippen molar-refractivity contribution in [2.75, 3.05) is 45.0 Å². The molecule has 4 heterocycles. The van der Waals surface area contributed by atoms with Crippen molar-refractivity contribution in [3.63, 3.8) is 0 Å². The summed E-state index contributed by atoms with van der Waals surface area (Å²) in [6.45, 7) is 3.72. The molecule has 334 valence electrons. The number of fused-ring (bicyclic) bond motifs is 4. The number of carbonyl (C=O) groups is 4. The number of imide groups is 1. The van der Waals surface area contributed by atoms with Gasteiger partial charge in [0.15, 0.2) is 0 Å². The Hall–Kier alpha value is -7.64. The summed E-state index contributed by atoms with van der Waals surface area (Å²) in [5.41, 5.74) is 2.38. The van der Waals surface area contributed by atoms with Crippen LogP contribution in [0.15, 0.2) is 140 Å². The van der Waals surface area contributed by atoms with Crippen LogP contribution in [0.4, 0.5) is 10.5 Å². The van der Waals surface area contributed by atoms with Crippen molar-refractivity contribution in [2.24, 2.45) is 5.92 Å². The zero-order chi connectivity index (χ0) is 45.8. The smallest absolute Gasteiger partial charge is 0.421 e. The van der Waals surface area contributed by atoms with E-state index in [9.17, 15) is 9.90 Å². The van der Waals surface area contributed by atoms with Gasteiger partial charge in [0.05, 0.1) is 42.4 Å². The van der Waals surface area contributed by atoms with Gasteiger partial charge < -0.3 is 29.4 Å². The Morgan fingerprint density at radius 3 is 2.33 bits per heavy atom. The summed E-state index contributed by atoms with van der Waals surface area (Å²) < 4.78 is 24.8. The molecule has 0 unspecified atom stereocenters. The van der Waals surface area contributed by atoms with E-state index < -0.39 is 59.4 Å². The molecular formula is C51H46N6O9. The van der Waals surface area contributed by atoms with E-state index in [1.807, 2.05) is 89.8 Å². The molecule has 1 spiro atoms. The van der Waals surface area contributed by atoms with E-state index in [1.54, 1.807) is 47.1 Å². The van der Waals surface area contributed by atoms with Gasteiger partial charge in [-0.3, -0.25) is 19.3 Å². The summed E-state index contributed by atoms with van der Waals surface area (Å²) >= 11 is 0. The van der Waals surface area contributed by atoms with Gasteiger partial charge in [-0.05, 0) is 64.7 Å². The fourth-order valence-corrected chi connectivity index (χ4v) is 9.69. The first-order valence-corrected chi connectivity index (χ1v) is 21.5. The Kier molecular flexibility index (Phi) is 12.4. The van der Waals surface area contributed by atoms with E-state index >= 15 is 14.4 Å². The van der Waals surface area contributed by atoms with Gasteiger partial charge in [-0.15, -0.1) is 11.7 Å². The third-order valence-electron chi connectivity index (χ3n) is 12.3. The minimum Gasteiger partial charge on any atom is -0.491 e. The lowest BCUT2D eigenvalue weighted by molar-refractivity contribution is -0.178. The van der Waals surface area contributed by atoms with Crippen LogP contribution in [0, 0.1) is 17.8 Å². The van der Waals surface area contributed by atoms with Crippen molar-refractivity contribution in [2.45, 2.75) is 36.2 Å². The number of nitrogens with one attached hydrogen (secondary N) is 1. The molecule has 2 fully saturated rings. The number of carbonyl (C=O) groups excluding carboxylic acids is 4. The van der Waals surface area contributed by atoms with E-state index in [0.29, 0.717) is 28.0 Å². The van der Waals surface area contributed by atoms with Gasteiger partial charge in [-0.2, -0.15) is 0 Å². The zero-order valence-corrected chi connectivity index (χ0v) is 36.0. The number of nitrogens with zero attached hydrogens (tertiary/aromatic N) is 5. The Balaban J connectivity index is 1.31. The minimum atomic E-state index is -2.02. The van der Waals surface area contributed by atoms with Crippen LogP contribution in [-0.2, 0) is 40.6 Å². The molecule has 15 heteroatoms. The highest BCUT2D eigenvalue weighted by Crippen LogP contribution is 2.66. The number of para-hydroxylation sites is 1. The maximum Gasteiger partial charge on any atom is 0.421 e. The number of benzene rings is 5. The lowest BCUT2D eigenvalue weighted by Crippen LogP contribution is -2.55. The van der Waals surface area contributed by atoms with Crippen molar-refractivity contribution in [1.82, 2.24) is 25.2 Å². The van der Waals surface area contributed by atoms with Gasteiger partial charge in [0.2, 0.25) is 11.8 Å². The number of cyclic esters (lactones) is 1. The van der Waals surface area contributed by atoms with Crippen LogP contribution in [-0.4, -0.2) is 95.0 Å². The molecule has 6 aromatic rings. The number of hydrogen-bond donors (Lipinski definition) is 2. The highest BCUT2D eigenvalue weighted by molar-refractivity contribution is 6.23. The maximum atomic E-state index is 16.2. The Morgan fingerprint density at radius 2 is 1.61 bits per heavy atom. The van der Waals surface area contributed by atoms with Crippen LogP contribution in [0.1, 0.15) is 46.0 Å². The Bertz CT molecular complexity index is 2840. The molecule has 2 saturated heterocycles.